The lowest BCUT2D eigenvalue weighted by atomic mass is 10.0. The number of carbonyl (C=O) groups is 1. The van der Waals surface area contributed by atoms with E-state index in [1.54, 1.807) is 0 Å². The number of likely N-dealkylation sites (N-methyl/N-ethyl adjacent to an activating group) is 1. The molecule has 2 aromatic carbocycles. The molecule has 6 heteroatoms. The van der Waals surface area contributed by atoms with Crippen molar-refractivity contribution in [2.45, 2.75) is 18.9 Å². The van der Waals surface area contributed by atoms with Gasteiger partial charge in [-0.3, -0.25) is 9.36 Å². The van der Waals surface area contributed by atoms with Gasteiger partial charge in [0, 0.05) is 31.9 Å². The maximum absolute atomic E-state index is 12.7. The molecular formula is C21H24N4O2. The van der Waals surface area contributed by atoms with Crippen molar-refractivity contribution < 1.29 is 4.79 Å². The van der Waals surface area contributed by atoms with E-state index in [4.69, 9.17) is 0 Å². The Hall–Kier alpha value is -3.02. The summed E-state index contributed by atoms with van der Waals surface area (Å²) in [5.74, 6) is 0.131. The molecule has 0 atom stereocenters. The third kappa shape index (κ3) is 3.47. The van der Waals surface area contributed by atoms with Gasteiger partial charge in [0.25, 0.3) is 0 Å². The molecule has 0 saturated carbocycles. The lowest BCUT2D eigenvalue weighted by molar-refractivity contribution is -0.130. The molecule has 1 amide bonds. The highest BCUT2D eigenvalue weighted by molar-refractivity contribution is 5.81. The second-order valence-corrected chi connectivity index (χ2v) is 7.12. The Balaban J connectivity index is 1.40. The fourth-order valence-corrected chi connectivity index (χ4v) is 3.89. The summed E-state index contributed by atoms with van der Waals surface area (Å²) in [7, 11) is 1.94. The lowest BCUT2D eigenvalue weighted by Gasteiger charge is -2.33. The molecule has 1 saturated heterocycles. The van der Waals surface area contributed by atoms with Crippen LogP contribution < -0.4 is 10.6 Å². The number of aromatic nitrogens is 2. The number of aromatic amines is 1. The number of nitrogens with zero attached hydrogens (tertiary/aromatic N) is 3. The van der Waals surface area contributed by atoms with Crippen LogP contribution in [-0.4, -0.2) is 47.0 Å². The third-order valence-electron chi connectivity index (χ3n) is 5.38. The second kappa shape index (κ2) is 7.31. The molecule has 6 nitrogen and oxygen atoms in total. The fraction of sp³-hybridized carbons (Fsp3) is 0.333. The number of para-hydroxylation sites is 3. The molecule has 1 fully saturated rings. The monoisotopic (exact) mass is 364 g/mol. The maximum atomic E-state index is 12.7. The zero-order valence-corrected chi connectivity index (χ0v) is 15.5. The Morgan fingerprint density at radius 3 is 2.48 bits per heavy atom. The number of nitrogens with one attached hydrogen (secondary N) is 1. The van der Waals surface area contributed by atoms with Crippen LogP contribution >= 0.6 is 0 Å². The van der Waals surface area contributed by atoms with E-state index in [0.29, 0.717) is 19.6 Å². The van der Waals surface area contributed by atoms with E-state index < -0.39 is 0 Å². The molecule has 0 spiro atoms. The van der Waals surface area contributed by atoms with Crippen molar-refractivity contribution >= 4 is 22.6 Å². The van der Waals surface area contributed by atoms with Crippen molar-refractivity contribution in [3.05, 3.63) is 65.1 Å². The van der Waals surface area contributed by atoms with Crippen LogP contribution in [0.5, 0.6) is 0 Å². The predicted octanol–water partition coefficient (Wildman–Crippen LogP) is 2.63. The van der Waals surface area contributed by atoms with E-state index in [-0.39, 0.29) is 17.6 Å². The molecule has 140 valence electrons. The summed E-state index contributed by atoms with van der Waals surface area (Å²) < 4.78 is 1.85. The first-order valence-electron chi connectivity index (χ1n) is 9.36. The lowest BCUT2D eigenvalue weighted by Crippen LogP contribution is -2.44. The average molecular weight is 364 g/mol. The minimum absolute atomic E-state index is 0.0650. The zero-order chi connectivity index (χ0) is 18.8. The highest BCUT2D eigenvalue weighted by Gasteiger charge is 2.26. The smallest absolute Gasteiger partial charge is 0.326 e. The van der Waals surface area contributed by atoms with Gasteiger partial charge in [-0.2, -0.15) is 0 Å². The van der Waals surface area contributed by atoms with E-state index in [2.05, 4.69) is 4.98 Å². The van der Waals surface area contributed by atoms with Gasteiger partial charge in [0.1, 0.15) is 0 Å². The van der Waals surface area contributed by atoms with Crippen LogP contribution in [0.1, 0.15) is 18.9 Å². The van der Waals surface area contributed by atoms with E-state index in [9.17, 15) is 9.59 Å². The van der Waals surface area contributed by atoms with E-state index in [1.807, 2.05) is 76.0 Å². The number of hydrogen-bond acceptors (Lipinski definition) is 3. The summed E-state index contributed by atoms with van der Waals surface area (Å²) in [4.78, 5) is 31.8. The number of rotatable bonds is 4. The summed E-state index contributed by atoms with van der Waals surface area (Å²) >= 11 is 0. The van der Waals surface area contributed by atoms with Gasteiger partial charge in [0.05, 0.1) is 17.6 Å². The minimum Gasteiger partial charge on any atom is -0.365 e. The minimum atomic E-state index is -0.0650. The van der Waals surface area contributed by atoms with Gasteiger partial charge < -0.3 is 14.8 Å². The maximum Gasteiger partial charge on any atom is 0.326 e. The third-order valence-corrected chi connectivity index (χ3v) is 5.38. The molecule has 0 bridgehead atoms. The number of hydrogen-bond donors (Lipinski definition) is 1. The normalized spacial score (nSPS) is 15.2. The van der Waals surface area contributed by atoms with Gasteiger partial charge in [-0.25, -0.2) is 4.79 Å². The Morgan fingerprint density at radius 1 is 1.07 bits per heavy atom. The first-order valence-corrected chi connectivity index (χ1v) is 9.36. The number of piperidine rings is 1. The molecule has 0 unspecified atom stereocenters. The molecule has 0 aliphatic carbocycles. The topological polar surface area (TPSA) is 61.3 Å². The van der Waals surface area contributed by atoms with Gasteiger partial charge >= 0.3 is 5.69 Å². The molecule has 4 rings (SSSR count). The van der Waals surface area contributed by atoms with Gasteiger partial charge in [0.15, 0.2) is 0 Å². The largest absolute Gasteiger partial charge is 0.365 e. The van der Waals surface area contributed by atoms with E-state index in [1.165, 1.54) is 0 Å². The van der Waals surface area contributed by atoms with Crippen LogP contribution in [0.2, 0.25) is 0 Å². The standard InChI is InChI=1S/C21H24N4O2/c1-23(16-7-3-2-4-8-16)15-20(26)24-13-11-17(12-14-24)25-19-10-6-5-9-18(19)22-21(25)27/h2-10,17H,11-15H2,1H3,(H,22,27). The molecule has 0 radical (unpaired) electrons. The van der Waals surface area contributed by atoms with Gasteiger partial charge in [0.2, 0.25) is 5.91 Å². The summed E-state index contributed by atoms with van der Waals surface area (Å²) in [6.45, 7) is 1.72. The van der Waals surface area contributed by atoms with Gasteiger partial charge in [-0.15, -0.1) is 0 Å². The first kappa shape index (κ1) is 17.4. The highest BCUT2D eigenvalue weighted by Crippen LogP contribution is 2.25. The Morgan fingerprint density at radius 2 is 1.74 bits per heavy atom. The molecule has 3 aromatic rings. The molecule has 1 N–H and O–H groups in total. The van der Waals surface area contributed by atoms with Crippen molar-refractivity contribution in [3.8, 4) is 0 Å². The summed E-state index contributed by atoms with van der Waals surface area (Å²) in [6.07, 6.45) is 1.59. The van der Waals surface area contributed by atoms with Crippen molar-refractivity contribution in [2.75, 3.05) is 31.6 Å². The van der Waals surface area contributed by atoms with Crippen molar-refractivity contribution in [1.82, 2.24) is 14.5 Å². The number of imidazole rings is 1. The van der Waals surface area contributed by atoms with Crippen LogP contribution in [0, 0.1) is 0 Å². The van der Waals surface area contributed by atoms with Crippen molar-refractivity contribution in [2.24, 2.45) is 0 Å². The number of amides is 1. The van der Waals surface area contributed by atoms with Crippen molar-refractivity contribution in [3.63, 3.8) is 0 Å². The fourth-order valence-electron chi connectivity index (χ4n) is 3.89. The van der Waals surface area contributed by atoms with Crippen LogP contribution in [0.4, 0.5) is 5.69 Å². The molecular weight excluding hydrogens is 340 g/mol. The Labute approximate surface area is 158 Å². The quantitative estimate of drug-likeness (QED) is 0.774. The van der Waals surface area contributed by atoms with Crippen LogP contribution in [0.3, 0.4) is 0 Å². The van der Waals surface area contributed by atoms with Gasteiger partial charge in [-0.05, 0) is 37.1 Å². The van der Waals surface area contributed by atoms with E-state index >= 15 is 0 Å². The number of benzene rings is 2. The van der Waals surface area contributed by atoms with E-state index in [0.717, 1.165) is 29.6 Å². The zero-order valence-electron chi connectivity index (χ0n) is 15.5. The summed E-state index contributed by atoms with van der Waals surface area (Å²) in [6, 6.07) is 17.8. The second-order valence-electron chi connectivity index (χ2n) is 7.12. The van der Waals surface area contributed by atoms with Crippen LogP contribution in [0.25, 0.3) is 11.0 Å². The Kier molecular flexibility index (Phi) is 4.71. The number of likely N-dealkylation sites (tertiary alicyclic amines) is 1. The highest BCUT2D eigenvalue weighted by atomic mass is 16.2. The number of carbonyl (C=O) groups excluding carboxylic acids is 1. The molecule has 1 aliphatic heterocycles. The Bertz CT molecular complexity index is 984. The number of H-pyrrole nitrogens is 1. The number of fused-ring (bicyclic) bond motifs is 1. The van der Waals surface area contributed by atoms with Gasteiger partial charge in [-0.1, -0.05) is 30.3 Å². The van der Waals surface area contributed by atoms with Crippen molar-refractivity contribution in [1.29, 1.82) is 0 Å². The molecule has 1 aliphatic rings. The molecule has 27 heavy (non-hydrogen) atoms. The average Bonchev–Trinajstić information content (AvgIpc) is 3.04. The number of anilines is 1. The summed E-state index contributed by atoms with van der Waals surface area (Å²) in [5, 5.41) is 0. The van der Waals surface area contributed by atoms with Crippen LogP contribution in [-0.2, 0) is 4.79 Å². The molecule has 1 aromatic heterocycles. The summed E-state index contributed by atoms with van der Waals surface area (Å²) in [5.41, 5.74) is 2.78. The predicted molar refractivity (Wildman–Crippen MR) is 107 cm³/mol. The van der Waals surface area contributed by atoms with Crippen LogP contribution in [0.15, 0.2) is 59.4 Å². The first-order chi connectivity index (χ1) is 13.1. The SMILES string of the molecule is CN(CC(=O)N1CCC(n2c(=O)[nH]c3ccccc32)CC1)c1ccccc1. The molecule has 2 heterocycles.